The molecule has 0 aliphatic heterocycles. The fourth-order valence-corrected chi connectivity index (χ4v) is 5.35. The molecule has 0 saturated carbocycles. The molecule has 224 valence electrons. The lowest BCUT2D eigenvalue weighted by atomic mass is 10.1. The number of halogens is 1. The Kier molecular flexibility index (Phi) is 10.7. The smallest absolute Gasteiger partial charge is 0.410 e. The molecule has 0 heterocycles. The van der Waals surface area contributed by atoms with Crippen LogP contribution in [0.5, 0.6) is 0 Å². The highest BCUT2D eigenvalue weighted by atomic mass is 35.5. The van der Waals surface area contributed by atoms with Gasteiger partial charge in [0.1, 0.15) is 12.1 Å². The zero-order valence-electron chi connectivity index (χ0n) is 23.4. The standard InChI is InChI=1S/C30H33ClN2O8S/c1-30(2,3)41-29(38)33(19-26(34)22-5-4-6-23(31)17-22)16-15-20-7-11-24(12-8-20)42(39,40)25-13-9-21(10-14-25)28(37)32-18-27(35)36/h4-14,17,26,34H,15-16,18-19H2,1-3H3,(H,32,37)(H,35,36)/t26-/m1/s1. The minimum absolute atomic E-state index is 0.0314. The van der Waals surface area contributed by atoms with Crippen molar-refractivity contribution < 1.29 is 37.8 Å². The number of aliphatic hydroxyl groups excluding tert-OH is 1. The van der Waals surface area contributed by atoms with Gasteiger partial charge in [0, 0.05) is 17.1 Å². The van der Waals surface area contributed by atoms with Crippen molar-refractivity contribution in [3.63, 3.8) is 0 Å². The Bertz CT molecular complexity index is 1520. The summed E-state index contributed by atoms with van der Waals surface area (Å²) in [6, 6.07) is 18.1. The third-order valence-electron chi connectivity index (χ3n) is 6.01. The van der Waals surface area contributed by atoms with Crippen LogP contribution in [0.25, 0.3) is 0 Å². The Hall–Kier alpha value is -3.93. The van der Waals surface area contributed by atoms with Crippen molar-refractivity contribution in [1.29, 1.82) is 0 Å². The van der Waals surface area contributed by atoms with E-state index < -0.39 is 46.1 Å². The maximum atomic E-state index is 13.1. The first-order chi connectivity index (χ1) is 19.7. The van der Waals surface area contributed by atoms with Crippen molar-refractivity contribution in [1.82, 2.24) is 10.2 Å². The van der Waals surface area contributed by atoms with Crippen molar-refractivity contribution >= 4 is 39.4 Å². The van der Waals surface area contributed by atoms with E-state index in [0.717, 1.165) is 5.56 Å². The van der Waals surface area contributed by atoms with Gasteiger partial charge in [-0.25, -0.2) is 13.2 Å². The molecule has 0 radical (unpaired) electrons. The van der Waals surface area contributed by atoms with Gasteiger partial charge in [-0.05, 0) is 86.8 Å². The summed E-state index contributed by atoms with van der Waals surface area (Å²) < 4.78 is 31.8. The number of sulfone groups is 1. The molecule has 0 spiro atoms. The second-order valence-corrected chi connectivity index (χ2v) is 12.9. The third-order valence-corrected chi connectivity index (χ3v) is 8.03. The molecule has 3 aromatic carbocycles. The minimum Gasteiger partial charge on any atom is -0.480 e. The Balaban J connectivity index is 1.71. The average molecular weight is 617 g/mol. The van der Waals surface area contributed by atoms with Crippen LogP contribution in [-0.2, 0) is 25.8 Å². The normalized spacial score (nSPS) is 12.3. The lowest BCUT2D eigenvalue weighted by Crippen LogP contribution is -2.40. The van der Waals surface area contributed by atoms with Crippen molar-refractivity contribution in [3.05, 3.63) is 94.5 Å². The number of carbonyl (C=O) groups excluding carboxylic acids is 2. The van der Waals surface area contributed by atoms with Crippen LogP contribution >= 0.6 is 11.6 Å². The number of rotatable bonds is 11. The number of benzene rings is 3. The van der Waals surface area contributed by atoms with E-state index in [0.29, 0.717) is 17.0 Å². The number of carboxylic acid groups (broad SMARTS) is 1. The van der Waals surface area contributed by atoms with Crippen molar-refractivity contribution in [2.24, 2.45) is 0 Å². The number of nitrogens with one attached hydrogen (secondary N) is 1. The molecule has 0 bridgehead atoms. The van der Waals surface area contributed by atoms with Crippen LogP contribution in [0, 0.1) is 0 Å². The van der Waals surface area contributed by atoms with Crippen LogP contribution < -0.4 is 5.32 Å². The van der Waals surface area contributed by atoms with Gasteiger partial charge < -0.3 is 25.2 Å². The lowest BCUT2D eigenvalue weighted by Gasteiger charge is -2.29. The monoisotopic (exact) mass is 616 g/mol. The van der Waals surface area contributed by atoms with Crippen molar-refractivity contribution in [2.45, 2.75) is 48.7 Å². The van der Waals surface area contributed by atoms with E-state index in [2.05, 4.69) is 5.32 Å². The van der Waals surface area contributed by atoms with Crippen LogP contribution in [0.2, 0.25) is 5.02 Å². The number of aliphatic carboxylic acids is 1. The van der Waals surface area contributed by atoms with Crippen molar-refractivity contribution in [3.8, 4) is 0 Å². The molecular formula is C30H33ClN2O8S. The quantitative estimate of drug-likeness (QED) is 0.285. The molecule has 3 aromatic rings. The number of aliphatic hydroxyl groups is 1. The van der Waals surface area contributed by atoms with Crippen LogP contribution in [0.4, 0.5) is 4.79 Å². The summed E-state index contributed by atoms with van der Waals surface area (Å²) in [5.41, 5.74) is 0.692. The van der Waals surface area contributed by atoms with Gasteiger partial charge in [-0.2, -0.15) is 0 Å². The number of carboxylic acids is 1. The highest BCUT2D eigenvalue weighted by Crippen LogP contribution is 2.23. The number of nitrogens with zero attached hydrogens (tertiary/aromatic N) is 1. The van der Waals surface area contributed by atoms with Crippen LogP contribution in [0.1, 0.15) is 48.4 Å². The molecule has 3 rings (SSSR count). The topological polar surface area (TPSA) is 150 Å². The van der Waals surface area contributed by atoms with E-state index in [1.807, 2.05) is 0 Å². The predicted octanol–water partition coefficient (Wildman–Crippen LogP) is 4.50. The van der Waals surface area contributed by atoms with Gasteiger partial charge in [-0.15, -0.1) is 0 Å². The molecule has 10 nitrogen and oxygen atoms in total. The summed E-state index contributed by atoms with van der Waals surface area (Å²) in [5, 5.41) is 22.1. The Morgan fingerprint density at radius 3 is 2.12 bits per heavy atom. The van der Waals surface area contributed by atoms with Crippen molar-refractivity contribution in [2.75, 3.05) is 19.6 Å². The van der Waals surface area contributed by atoms with Gasteiger partial charge in [0.2, 0.25) is 9.84 Å². The third kappa shape index (κ3) is 9.30. The van der Waals surface area contributed by atoms with Gasteiger partial charge in [0.15, 0.2) is 0 Å². The SMILES string of the molecule is CC(C)(C)OC(=O)N(CCc1ccc(S(=O)(=O)c2ccc(C(=O)NCC(=O)O)cc2)cc1)C[C@@H](O)c1cccc(Cl)c1. The maximum absolute atomic E-state index is 13.1. The zero-order chi connectivity index (χ0) is 31.1. The molecule has 0 aliphatic rings. The molecule has 1 atom stereocenters. The predicted molar refractivity (Wildman–Crippen MR) is 156 cm³/mol. The molecule has 2 amide bonds. The van der Waals surface area contributed by atoms with Crippen LogP contribution in [0.3, 0.4) is 0 Å². The zero-order valence-corrected chi connectivity index (χ0v) is 25.0. The minimum atomic E-state index is -3.89. The highest BCUT2D eigenvalue weighted by molar-refractivity contribution is 7.91. The number of carbonyl (C=O) groups is 3. The summed E-state index contributed by atoms with van der Waals surface area (Å²) >= 11 is 6.05. The fraction of sp³-hybridized carbons (Fsp3) is 0.300. The molecule has 0 aliphatic carbocycles. The average Bonchev–Trinajstić information content (AvgIpc) is 2.93. The number of hydrogen-bond donors (Lipinski definition) is 3. The first-order valence-electron chi connectivity index (χ1n) is 13.0. The van der Waals surface area contributed by atoms with E-state index in [1.54, 1.807) is 57.2 Å². The van der Waals surface area contributed by atoms with E-state index >= 15 is 0 Å². The number of amides is 2. The van der Waals surface area contributed by atoms with E-state index in [-0.39, 0.29) is 28.4 Å². The molecule has 0 fully saturated rings. The van der Waals surface area contributed by atoms with Crippen LogP contribution in [-0.4, -0.2) is 66.7 Å². The number of ether oxygens (including phenoxy) is 1. The summed E-state index contributed by atoms with van der Waals surface area (Å²) in [6.45, 7) is 4.85. The number of hydrogen-bond acceptors (Lipinski definition) is 7. The second kappa shape index (κ2) is 13.8. The second-order valence-electron chi connectivity index (χ2n) is 10.5. The highest BCUT2D eigenvalue weighted by Gasteiger charge is 2.25. The van der Waals surface area contributed by atoms with Gasteiger partial charge >= 0.3 is 12.1 Å². The first kappa shape index (κ1) is 32.6. The Morgan fingerprint density at radius 1 is 0.976 bits per heavy atom. The molecule has 0 saturated heterocycles. The Morgan fingerprint density at radius 2 is 1.57 bits per heavy atom. The lowest BCUT2D eigenvalue weighted by molar-refractivity contribution is -0.135. The summed E-state index contributed by atoms with van der Waals surface area (Å²) in [6.07, 6.45) is -1.23. The van der Waals surface area contributed by atoms with Gasteiger partial charge in [0.25, 0.3) is 5.91 Å². The van der Waals surface area contributed by atoms with Crippen LogP contribution in [0.15, 0.2) is 82.6 Å². The molecule has 12 heteroatoms. The first-order valence-corrected chi connectivity index (χ1v) is 14.9. The maximum Gasteiger partial charge on any atom is 0.410 e. The van der Waals surface area contributed by atoms with Gasteiger partial charge in [0.05, 0.1) is 22.4 Å². The molecule has 42 heavy (non-hydrogen) atoms. The molecule has 3 N–H and O–H groups in total. The van der Waals surface area contributed by atoms with E-state index in [9.17, 15) is 27.9 Å². The largest absolute Gasteiger partial charge is 0.480 e. The summed E-state index contributed by atoms with van der Waals surface area (Å²) in [4.78, 5) is 37.0. The van der Waals surface area contributed by atoms with Gasteiger partial charge in [-0.3, -0.25) is 9.59 Å². The van der Waals surface area contributed by atoms with Gasteiger partial charge in [-0.1, -0.05) is 35.9 Å². The summed E-state index contributed by atoms with van der Waals surface area (Å²) in [5.74, 6) is -1.83. The summed E-state index contributed by atoms with van der Waals surface area (Å²) in [7, 11) is -3.89. The van der Waals surface area contributed by atoms with E-state index in [4.69, 9.17) is 21.4 Å². The fourth-order valence-electron chi connectivity index (χ4n) is 3.89. The molecular weight excluding hydrogens is 584 g/mol. The van der Waals surface area contributed by atoms with E-state index in [1.165, 1.54) is 41.3 Å². The Labute approximate surface area is 249 Å². The molecule has 0 aromatic heterocycles. The molecule has 0 unspecified atom stereocenters.